The van der Waals surface area contributed by atoms with E-state index in [9.17, 15) is 13.6 Å². The molecule has 1 aliphatic heterocycles. The molecule has 2 aliphatic carbocycles. The predicted molar refractivity (Wildman–Crippen MR) is 180 cm³/mol. The molecule has 6 rings (SSSR count). The molecule has 3 heterocycles. The summed E-state index contributed by atoms with van der Waals surface area (Å²) in [7, 11) is 0. The number of allylic oxidation sites excluding steroid dienone is 3. The van der Waals surface area contributed by atoms with Crippen molar-refractivity contribution in [2.75, 3.05) is 6.61 Å². The predicted octanol–water partition coefficient (Wildman–Crippen LogP) is 6.21. The number of rotatable bonds is 10. The van der Waals surface area contributed by atoms with Crippen LogP contribution in [-0.2, 0) is 9.53 Å². The molecule has 3 atom stereocenters. The van der Waals surface area contributed by atoms with Crippen LogP contribution in [0.5, 0.6) is 0 Å². The minimum atomic E-state index is -2.76. The van der Waals surface area contributed by atoms with Crippen molar-refractivity contribution in [1.82, 2.24) is 34.8 Å². The topological polar surface area (TPSA) is 146 Å². The lowest BCUT2D eigenvalue weighted by Gasteiger charge is -2.45. The zero-order valence-electron chi connectivity index (χ0n) is 28.0. The highest BCUT2D eigenvalue weighted by molar-refractivity contribution is 6.32. The number of nitrogens with zero attached hydrogens (tertiary/aromatic N) is 7. The van der Waals surface area contributed by atoms with Crippen molar-refractivity contribution in [2.24, 2.45) is 21.6 Å². The van der Waals surface area contributed by atoms with Gasteiger partial charge >= 0.3 is 12.6 Å². The fourth-order valence-electron chi connectivity index (χ4n) is 6.52. The normalized spacial score (nSPS) is 23.8. The highest BCUT2D eigenvalue weighted by Gasteiger charge is 2.60. The number of benzene rings is 1. The Bertz CT molecular complexity index is 1840. The van der Waals surface area contributed by atoms with Crippen LogP contribution in [0.2, 0.25) is 5.02 Å². The van der Waals surface area contributed by atoms with E-state index >= 15 is 4.79 Å². The molecule has 0 saturated heterocycles. The van der Waals surface area contributed by atoms with Gasteiger partial charge < -0.3 is 15.8 Å². The van der Waals surface area contributed by atoms with Gasteiger partial charge in [-0.3, -0.25) is 9.69 Å². The number of hydrogen-bond donors (Lipinski definition) is 2. The molecule has 12 nitrogen and oxygen atoms in total. The number of nitrogens with two attached hydrogens (primary N) is 1. The zero-order chi connectivity index (χ0) is 35.4. The molecule has 1 saturated carbocycles. The maximum absolute atomic E-state index is 15.1. The van der Waals surface area contributed by atoms with Gasteiger partial charge in [-0.15, -0.1) is 0 Å². The number of guanidine groups is 1. The quantitative estimate of drug-likeness (QED) is 0.256. The lowest BCUT2D eigenvalue weighted by molar-refractivity contribution is -0.138. The highest BCUT2D eigenvalue weighted by atomic mass is 35.5. The molecule has 1 fully saturated rings. The van der Waals surface area contributed by atoms with Crippen molar-refractivity contribution < 1.29 is 23.1 Å². The number of carbonyl (C=O) groups excluding carboxylic acids is 2. The van der Waals surface area contributed by atoms with Crippen LogP contribution in [0.3, 0.4) is 0 Å². The zero-order valence-corrected chi connectivity index (χ0v) is 28.8. The molecule has 15 heteroatoms. The fourth-order valence-corrected chi connectivity index (χ4v) is 6.72. The third kappa shape index (κ3) is 6.70. The molecule has 3 aromatic rings. The Morgan fingerprint density at radius 3 is 2.55 bits per heavy atom. The molecule has 1 unspecified atom stereocenters. The molecule has 260 valence electrons. The SMILES string of the molecule is CC(C)(C)C[C@]1(C2(C)C=CC(c3cnn(C(F)F)c3)=CC2)N=C(N)N([C@H](COC(=O)NC2(C)CC2)c2ccc(Cl)c(-n3cncn3)c2)C1=O. The molecule has 1 aromatic carbocycles. The number of aromatic nitrogens is 5. The Balaban J connectivity index is 1.37. The van der Waals surface area contributed by atoms with Gasteiger partial charge in [-0.25, -0.2) is 24.1 Å². The van der Waals surface area contributed by atoms with Crippen LogP contribution in [0.15, 0.2) is 66.5 Å². The smallest absolute Gasteiger partial charge is 0.407 e. The molecule has 2 amide bonds. The van der Waals surface area contributed by atoms with E-state index < -0.39 is 29.6 Å². The van der Waals surface area contributed by atoms with Crippen molar-refractivity contribution in [2.45, 2.75) is 84.0 Å². The summed E-state index contributed by atoms with van der Waals surface area (Å²) in [5, 5.41) is 11.3. The Morgan fingerprint density at radius 1 is 1.20 bits per heavy atom. The van der Waals surface area contributed by atoms with Crippen molar-refractivity contribution in [3.05, 3.63) is 77.6 Å². The first-order chi connectivity index (χ1) is 23.0. The van der Waals surface area contributed by atoms with E-state index in [0.717, 1.165) is 12.8 Å². The summed E-state index contributed by atoms with van der Waals surface area (Å²) in [5.74, 6) is -0.368. The van der Waals surface area contributed by atoms with Gasteiger partial charge in [0, 0.05) is 22.7 Å². The number of carbonyl (C=O) groups is 2. The molecule has 0 bridgehead atoms. The third-order valence-corrected chi connectivity index (χ3v) is 9.80. The summed E-state index contributed by atoms with van der Waals surface area (Å²) in [6, 6.07) is 4.30. The molecule has 49 heavy (non-hydrogen) atoms. The van der Waals surface area contributed by atoms with Crippen LogP contribution in [0.1, 0.15) is 84.0 Å². The molecule has 0 spiro atoms. The van der Waals surface area contributed by atoms with Crippen LogP contribution < -0.4 is 11.1 Å². The van der Waals surface area contributed by atoms with Gasteiger partial charge in [0.25, 0.3) is 5.91 Å². The van der Waals surface area contributed by atoms with E-state index in [1.807, 2.05) is 52.8 Å². The second kappa shape index (κ2) is 12.4. The van der Waals surface area contributed by atoms with E-state index in [2.05, 4.69) is 20.5 Å². The van der Waals surface area contributed by atoms with Crippen LogP contribution >= 0.6 is 11.6 Å². The summed E-state index contributed by atoms with van der Waals surface area (Å²) in [6.45, 7) is 6.99. The first-order valence-corrected chi connectivity index (χ1v) is 16.4. The van der Waals surface area contributed by atoms with E-state index in [-0.39, 0.29) is 29.4 Å². The summed E-state index contributed by atoms with van der Waals surface area (Å²) in [5.41, 5.74) is 6.14. The maximum atomic E-state index is 15.1. The lowest BCUT2D eigenvalue weighted by Crippen LogP contribution is -2.55. The van der Waals surface area contributed by atoms with Gasteiger partial charge in [0.2, 0.25) is 0 Å². The summed E-state index contributed by atoms with van der Waals surface area (Å²) >= 11 is 6.56. The molecule has 3 N–H and O–H groups in total. The first-order valence-electron chi connectivity index (χ1n) is 16.0. The number of amides is 2. The van der Waals surface area contributed by atoms with Gasteiger partial charge in [0.15, 0.2) is 11.5 Å². The van der Waals surface area contributed by atoms with Crippen molar-refractivity contribution in [3.8, 4) is 5.69 Å². The average molecular weight is 696 g/mol. The minimum Gasteiger partial charge on any atom is -0.447 e. The lowest BCUT2D eigenvalue weighted by atomic mass is 9.61. The third-order valence-electron chi connectivity index (χ3n) is 9.48. The van der Waals surface area contributed by atoms with Crippen molar-refractivity contribution in [1.29, 1.82) is 0 Å². The number of nitrogens with one attached hydrogen (secondary N) is 1. The second-order valence-electron chi connectivity index (χ2n) is 14.7. The number of hydrogen-bond acceptors (Lipinski definition) is 8. The molecular weight excluding hydrogens is 656 g/mol. The Kier molecular flexibility index (Phi) is 8.66. The van der Waals surface area contributed by atoms with Crippen molar-refractivity contribution >= 4 is 35.1 Å². The Labute approximate surface area is 288 Å². The van der Waals surface area contributed by atoms with E-state index in [0.29, 0.717) is 44.9 Å². The van der Waals surface area contributed by atoms with Crippen LogP contribution in [-0.4, -0.2) is 65.1 Å². The second-order valence-corrected chi connectivity index (χ2v) is 15.1. The first kappa shape index (κ1) is 34.3. The van der Waals surface area contributed by atoms with Gasteiger partial charge in [-0.2, -0.15) is 19.0 Å². The minimum absolute atomic E-state index is 0.0164. The molecule has 0 radical (unpaired) electrons. The molecular formula is C34H40ClF2N9O3. The molecule has 2 aromatic heterocycles. The maximum Gasteiger partial charge on any atom is 0.407 e. The van der Waals surface area contributed by atoms with E-state index in [1.165, 1.54) is 34.6 Å². The summed E-state index contributed by atoms with van der Waals surface area (Å²) in [4.78, 5) is 38.4. The summed E-state index contributed by atoms with van der Waals surface area (Å²) in [6.07, 6.45) is 13.0. The summed E-state index contributed by atoms with van der Waals surface area (Å²) < 4.78 is 34.3. The standard InChI is InChI=1S/C34H40ClF2N9O3/c1-31(2,3)18-34(32(4)10-8-21(9-11-32)23-15-40-44(16-23)28(36)37)27(47)46(29(38)42-34)26(17-49-30(48)43-33(5)12-13-33)22-6-7-24(35)25(14-22)45-20-39-19-41-45/h6-10,14-16,19-20,26,28H,11-13,17-18H2,1-5H3,(H2,38,42)(H,43,48)/t26-,32?,34+/m1/s1. The van der Waals surface area contributed by atoms with Crippen LogP contribution in [0, 0.1) is 10.8 Å². The van der Waals surface area contributed by atoms with Gasteiger partial charge in [0.05, 0.1) is 22.9 Å². The Morgan fingerprint density at radius 2 is 1.96 bits per heavy atom. The number of ether oxygens (including phenoxy) is 1. The van der Waals surface area contributed by atoms with Gasteiger partial charge in [0.1, 0.15) is 19.3 Å². The number of halogens is 3. The monoisotopic (exact) mass is 695 g/mol. The molecule has 3 aliphatic rings. The van der Waals surface area contributed by atoms with Crippen LogP contribution in [0.25, 0.3) is 11.3 Å². The van der Waals surface area contributed by atoms with E-state index in [1.54, 1.807) is 18.2 Å². The van der Waals surface area contributed by atoms with Gasteiger partial charge in [-0.05, 0) is 61.3 Å². The highest BCUT2D eigenvalue weighted by Crippen LogP contribution is 2.52. The van der Waals surface area contributed by atoms with Gasteiger partial charge in [-0.1, -0.05) is 63.6 Å². The average Bonchev–Trinajstić information content (AvgIpc) is 3.42. The van der Waals surface area contributed by atoms with Crippen LogP contribution in [0.4, 0.5) is 13.6 Å². The number of alkyl halides is 2. The largest absolute Gasteiger partial charge is 0.447 e. The van der Waals surface area contributed by atoms with Crippen molar-refractivity contribution in [3.63, 3.8) is 0 Å². The number of aliphatic imine (C=N–C) groups is 1. The number of alkyl carbamates (subject to hydrolysis) is 1. The van der Waals surface area contributed by atoms with E-state index in [4.69, 9.17) is 27.1 Å². The Hall–Kier alpha value is -4.59. The fraction of sp³-hybridized carbons (Fsp3) is 0.471.